The van der Waals surface area contributed by atoms with Crippen molar-refractivity contribution in [2.24, 2.45) is 0 Å². The average molecular weight is 314 g/mol. The predicted molar refractivity (Wildman–Crippen MR) is 75.8 cm³/mol. The number of hydrogen-bond acceptors (Lipinski definition) is 4. The molecule has 2 aromatic rings. The van der Waals surface area contributed by atoms with Crippen molar-refractivity contribution in [2.75, 3.05) is 0 Å². The third-order valence-electron chi connectivity index (χ3n) is 2.56. The van der Waals surface area contributed by atoms with Crippen LogP contribution in [0.1, 0.15) is 30.2 Å². The molecule has 106 valence electrons. The number of nitrogens with zero attached hydrogens (tertiary/aromatic N) is 2. The Bertz CT molecular complexity index is 708. The molecular formula is C12H12ClN3O3S. The molecule has 0 amide bonds. The highest BCUT2D eigenvalue weighted by Crippen LogP contribution is 2.31. The first-order valence-corrected chi connectivity index (χ1v) is 6.97. The largest absolute Gasteiger partial charge is 0.478 e. The zero-order chi connectivity index (χ0) is 14.9. The van der Waals surface area contributed by atoms with Crippen LogP contribution in [-0.4, -0.2) is 25.8 Å². The molecule has 0 atom stereocenters. The molecule has 1 aromatic heterocycles. The minimum atomic E-state index is -1.06. The Balaban J connectivity index is 2.47. The van der Waals surface area contributed by atoms with Crippen LogP contribution in [0.5, 0.6) is 0 Å². The summed E-state index contributed by atoms with van der Waals surface area (Å²) in [4.78, 5) is 23.3. The third-order valence-corrected chi connectivity index (χ3v) is 3.83. The molecular weight excluding hydrogens is 302 g/mol. The summed E-state index contributed by atoms with van der Waals surface area (Å²) in [6, 6.07) is 4.39. The minimum Gasteiger partial charge on any atom is -0.478 e. The standard InChI is InChI=1S/C12H12ClN3O3S/c1-6(2)16-11(19)14-15-12(16)20-9-5-7(13)3-4-8(9)10(17)18/h3-6H,1-2H3,(H,14,19)(H,17,18). The lowest BCUT2D eigenvalue weighted by atomic mass is 10.2. The first-order chi connectivity index (χ1) is 9.40. The van der Waals surface area contributed by atoms with Crippen LogP contribution in [0.2, 0.25) is 5.02 Å². The second kappa shape index (κ2) is 5.72. The topological polar surface area (TPSA) is 88.0 Å². The van der Waals surface area contributed by atoms with Crippen LogP contribution in [0, 0.1) is 0 Å². The van der Waals surface area contributed by atoms with Crippen molar-refractivity contribution in [2.45, 2.75) is 29.9 Å². The van der Waals surface area contributed by atoms with E-state index in [4.69, 9.17) is 16.7 Å². The Morgan fingerprint density at radius 2 is 2.20 bits per heavy atom. The molecule has 0 fully saturated rings. The van der Waals surface area contributed by atoms with Gasteiger partial charge >= 0.3 is 11.7 Å². The third kappa shape index (κ3) is 2.88. The summed E-state index contributed by atoms with van der Waals surface area (Å²) in [5.41, 5.74) is -0.216. The number of carboxylic acids is 1. The van der Waals surface area contributed by atoms with Crippen LogP contribution in [0.25, 0.3) is 0 Å². The molecule has 0 aliphatic carbocycles. The van der Waals surface area contributed by atoms with Gasteiger partial charge in [-0.1, -0.05) is 11.6 Å². The second-order valence-corrected chi connectivity index (χ2v) is 5.77. The van der Waals surface area contributed by atoms with E-state index in [1.54, 1.807) is 6.07 Å². The number of benzene rings is 1. The van der Waals surface area contributed by atoms with E-state index in [0.717, 1.165) is 11.8 Å². The molecule has 1 aromatic carbocycles. The van der Waals surface area contributed by atoms with Gasteiger partial charge in [0.15, 0.2) is 5.16 Å². The highest BCUT2D eigenvalue weighted by molar-refractivity contribution is 7.99. The quantitative estimate of drug-likeness (QED) is 0.906. The van der Waals surface area contributed by atoms with E-state index in [9.17, 15) is 9.59 Å². The molecule has 0 spiro atoms. The molecule has 0 saturated heterocycles. The number of aromatic carboxylic acids is 1. The molecule has 2 N–H and O–H groups in total. The van der Waals surface area contributed by atoms with Crippen molar-refractivity contribution in [3.63, 3.8) is 0 Å². The highest BCUT2D eigenvalue weighted by atomic mass is 35.5. The van der Waals surface area contributed by atoms with Gasteiger partial charge in [0.05, 0.1) is 5.56 Å². The first kappa shape index (κ1) is 14.7. The molecule has 8 heteroatoms. The summed E-state index contributed by atoms with van der Waals surface area (Å²) in [5, 5.41) is 16.3. The van der Waals surface area contributed by atoms with Gasteiger partial charge in [0.25, 0.3) is 0 Å². The second-order valence-electron chi connectivity index (χ2n) is 4.32. The fraction of sp³-hybridized carbons (Fsp3) is 0.250. The SMILES string of the molecule is CC(C)n1c(Sc2cc(Cl)ccc2C(=O)O)n[nH]c1=O. The van der Waals surface area contributed by atoms with Crippen molar-refractivity contribution < 1.29 is 9.90 Å². The van der Waals surface area contributed by atoms with E-state index in [1.807, 2.05) is 13.8 Å². The van der Waals surface area contributed by atoms with Crippen molar-refractivity contribution in [3.8, 4) is 0 Å². The van der Waals surface area contributed by atoms with E-state index in [0.29, 0.717) is 15.1 Å². The fourth-order valence-corrected chi connectivity index (χ4v) is 3.04. The molecule has 0 bridgehead atoms. The minimum absolute atomic E-state index is 0.0868. The van der Waals surface area contributed by atoms with Crippen molar-refractivity contribution >= 4 is 29.3 Å². The van der Waals surface area contributed by atoms with Crippen molar-refractivity contribution in [1.82, 2.24) is 14.8 Å². The van der Waals surface area contributed by atoms with Gasteiger partial charge in [-0.2, -0.15) is 0 Å². The average Bonchev–Trinajstić information content (AvgIpc) is 2.70. The molecule has 1 heterocycles. The summed E-state index contributed by atoms with van der Waals surface area (Å²) >= 11 is 6.98. The number of halogens is 1. The predicted octanol–water partition coefficient (Wildman–Crippen LogP) is 2.66. The van der Waals surface area contributed by atoms with E-state index in [2.05, 4.69) is 10.2 Å². The Hall–Kier alpha value is -1.73. The Morgan fingerprint density at radius 3 is 2.80 bits per heavy atom. The lowest BCUT2D eigenvalue weighted by Crippen LogP contribution is -2.19. The maximum atomic E-state index is 11.6. The lowest BCUT2D eigenvalue weighted by molar-refractivity contribution is 0.0693. The summed E-state index contributed by atoms with van der Waals surface area (Å²) in [7, 11) is 0. The van der Waals surface area contributed by atoms with Crippen LogP contribution in [0.4, 0.5) is 0 Å². The number of carbonyl (C=O) groups is 1. The molecule has 0 radical (unpaired) electrons. The number of rotatable bonds is 4. The summed E-state index contributed by atoms with van der Waals surface area (Å²) < 4.78 is 1.46. The van der Waals surface area contributed by atoms with Crippen LogP contribution in [0.3, 0.4) is 0 Å². The van der Waals surface area contributed by atoms with E-state index in [-0.39, 0.29) is 17.3 Å². The van der Waals surface area contributed by atoms with Crippen LogP contribution in [0.15, 0.2) is 33.0 Å². The molecule has 0 unspecified atom stereocenters. The fourth-order valence-electron chi connectivity index (χ4n) is 1.67. The molecule has 0 saturated carbocycles. The van der Waals surface area contributed by atoms with Crippen molar-refractivity contribution in [1.29, 1.82) is 0 Å². The smallest absolute Gasteiger partial charge is 0.344 e. The van der Waals surface area contributed by atoms with Gasteiger partial charge in [0, 0.05) is 16.0 Å². The Kier molecular flexibility index (Phi) is 4.20. The zero-order valence-corrected chi connectivity index (χ0v) is 12.3. The Morgan fingerprint density at radius 1 is 1.50 bits per heavy atom. The summed E-state index contributed by atoms with van der Waals surface area (Å²) in [6.07, 6.45) is 0. The number of aromatic nitrogens is 3. The molecule has 2 rings (SSSR count). The van der Waals surface area contributed by atoms with E-state index < -0.39 is 5.97 Å². The number of H-pyrrole nitrogens is 1. The van der Waals surface area contributed by atoms with Crippen LogP contribution in [-0.2, 0) is 0 Å². The molecule has 0 aliphatic rings. The Labute approximate surface area is 123 Å². The van der Waals surface area contributed by atoms with Gasteiger partial charge in [-0.15, -0.1) is 5.10 Å². The molecule has 6 nitrogen and oxygen atoms in total. The van der Waals surface area contributed by atoms with Gasteiger partial charge < -0.3 is 5.11 Å². The maximum Gasteiger partial charge on any atom is 0.344 e. The maximum absolute atomic E-state index is 11.6. The first-order valence-electron chi connectivity index (χ1n) is 5.77. The summed E-state index contributed by atoms with van der Waals surface area (Å²) in [5.74, 6) is -1.06. The van der Waals surface area contributed by atoms with Gasteiger partial charge in [0.1, 0.15) is 0 Å². The zero-order valence-electron chi connectivity index (χ0n) is 10.8. The normalized spacial score (nSPS) is 11.0. The van der Waals surface area contributed by atoms with Gasteiger partial charge in [-0.3, -0.25) is 4.57 Å². The van der Waals surface area contributed by atoms with Crippen LogP contribution < -0.4 is 5.69 Å². The van der Waals surface area contributed by atoms with Gasteiger partial charge in [0.2, 0.25) is 0 Å². The summed E-state index contributed by atoms with van der Waals surface area (Å²) in [6.45, 7) is 3.69. The van der Waals surface area contributed by atoms with E-state index >= 15 is 0 Å². The van der Waals surface area contributed by atoms with E-state index in [1.165, 1.54) is 16.7 Å². The van der Waals surface area contributed by atoms with Crippen LogP contribution >= 0.6 is 23.4 Å². The highest BCUT2D eigenvalue weighted by Gasteiger charge is 2.17. The lowest BCUT2D eigenvalue weighted by Gasteiger charge is -2.10. The van der Waals surface area contributed by atoms with Crippen molar-refractivity contribution in [3.05, 3.63) is 39.3 Å². The number of hydrogen-bond donors (Lipinski definition) is 2. The molecule has 20 heavy (non-hydrogen) atoms. The number of carboxylic acid groups (broad SMARTS) is 1. The monoisotopic (exact) mass is 313 g/mol. The molecule has 0 aliphatic heterocycles. The van der Waals surface area contributed by atoms with Gasteiger partial charge in [-0.25, -0.2) is 14.7 Å². The number of nitrogens with one attached hydrogen (secondary N) is 1. The van der Waals surface area contributed by atoms with Gasteiger partial charge in [-0.05, 0) is 43.8 Å². The number of aromatic amines is 1.